The maximum atomic E-state index is 2.30. The highest BCUT2D eigenvalue weighted by molar-refractivity contribution is 4.93. The molecule has 0 bridgehead atoms. The van der Waals surface area contributed by atoms with Gasteiger partial charge in [-0.05, 0) is 32.1 Å². The quantitative estimate of drug-likeness (QED) is 0.447. The summed E-state index contributed by atoms with van der Waals surface area (Å²) in [5.74, 6) is 0. The molecule has 0 heteroatoms. The molecular formula is C10H16. The van der Waals surface area contributed by atoms with E-state index in [0.29, 0.717) is 0 Å². The Labute approximate surface area is 63.6 Å². The van der Waals surface area contributed by atoms with E-state index in [-0.39, 0.29) is 0 Å². The average Bonchev–Trinajstić information content (AvgIpc) is 2.01. The molecule has 0 aromatic carbocycles. The van der Waals surface area contributed by atoms with Gasteiger partial charge in [0.1, 0.15) is 0 Å². The van der Waals surface area contributed by atoms with Gasteiger partial charge in [0.25, 0.3) is 0 Å². The first-order valence-electron chi connectivity index (χ1n) is 4.30. The lowest BCUT2D eigenvalue weighted by Crippen LogP contribution is -1.76. The van der Waals surface area contributed by atoms with Crippen LogP contribution in [0, 0.1) is 0 Å². The largest absolute Gasteiger partial charge is 0.0882 e. The lowest BCUT2D eigenvalue weighted by Gasteiger charge is -1.96. The third-order valence-corrected chi connectivity index (χ3v) is 1.85. The van der Waals surface area contributed by atoms with Gasteiger partial charge in [-0.3, -0.25) is 0 Å². The molecule has 0 aliphatic heterocycles. The Morgan fingerprint density at radius 2 is 1.20 bits per heavy atom. The summed E-state index contributed by atoms with van der Waals surface area (Å²) in [4.78, 5) is 0. The van der Waals surface area contributed by atoms with Crippen molar-refractivity contribution in [3.05, 3.63) is 24.3 Å². The zero-order chi connectivity index (χ0) is 7.07. The van der Waals surface area contributed by atoms with Crippen LogP contribution in [0.3, 0.4) is 0 Å². The fraction of sp³-hybridized carbons (Fsp3) is 0.600. The lowest BCUT2D eigenvalue weighted by atomic mass is 10.1. The maximum absolute atomic E-state index is 2.30. The molecule has 0 aromatic rings. The van der Waals surface area contributed by atoms with Gasteiger partial charge in [-0.15, -0.1) is 0 Å². The normalized spacial score (nSPS) is 24.0. The maximum Gasteiger partial charge on any atom is -0.0169 e. The molecule has 56 valence electrons. The summed E-state index contributed by atoms with van der Waals surface area (Å²) in [5, 5.41) is 0. The van der Waals surface area contributed by atoms with Crippen LogP contribution >= 0.6 is 0 Å². The van der Waals surface area contributed by atoms with Crippen LogP contribution in [0.2, 0.25) is 0 Å². The summed E-state index contributed by atoms with van der Waals surface area (Å²) in [5.41, 5.74) is 0. The highest BCUT2D eigenvalue weighted by Crippen LogP contribution is 2.06. The molecular weight excluding hydrogens is 120 g/mol. The molecule has 0 saturated heterocycles. The van der Waals surface area contributed by atoms with E-state index >= 15 is 0 Å². The van der Waals surface area contributed by atoms with Gasteiger partial charge in [-0.1, -0.05) is 30.7 Å². The van der Waals surface area contributed by atoms with Crippen LogP contribution in [0.4, 0.5) is 0 Å². The summed E-state index contributed by atoms with van der Waals surface area (Å²) in [6, 6.07) is 0. The van der Waals surface area contributed by atoms with Crippen molar-refractivity contribution in [3.63, 3.8) is 0 Å². The average molecular weight is 136 g/mol. The Kier molecular flexibility index (Phi) is 4.00. The third kappa shape index (κ3) is 3.49. The van der Waals surface area contributed by atoms with Gasteiger partial charge in [-0.2, -0.15) is 0 Å². The van der Waals surface area contributed by atoms with E-state index in [1.165, 1.54) is 32.1 Å². The van der Waals surface area contributed by atoms with Crippen LogP contribution in [-0.2, 0) is 0 Å². The Balaban J connectivity index is 2.25. The molecule has 1 rings (SSSR count). The first kappa shape index (κ1) is 7.59. The van der Waals surface area contributed by atoms with Crippen molar-refractivity contribution in [2.45, 2.75) is 38.5 Å². The topological polar surface area (TPSA) is 0 Å². The summed E-state index contributed by atoms with van der Waals surface area (Å²) in [7, 11) is 0. The Morgan fingerprint density at radius 1 is 0.600 bits per heavy atom. The van der Waals surface area contributed by atoms with Gasteiger partial charge >= 0.3 is 0 Å². The first-order valence-corrected chi connectivity index (χ1v) is 4.30. The number of hydrogen-bond donors (Lipinski definition) is 0. The zero-order valence-electron chi connectivity index (χ0n) is 6.55. The van der Waals surface area contributed by atoms with Crippen molar-refractivity contribution in [2.24, 2.45) is 0 Å². The van der Waals surface area contributed by atoms with E-state index in [2.05, 4.69) is 24.3 Å². The molecule has 0 N–H and O–H groups in total. The molecule has 0 amide bonds. The third-order valence-electron chi connectivity index (χ3n) is 1.85. The number of hydrogen-bond acceptors (Lipinski definition) is 0. The fourth-order valence-electron chi connectivity index (χ4n) is 1.21. The summed E-state index contributed by atoms with van der Waals surface area (Å²) >= 11 is 0. The van der Waals surface area contributed by atoms with Crippen molar-refractivity contribution in [1.82, 2.24) is 0 Å². The van der Waals surface area contributed by atoms with E-state index < -0.39 is 0 Å². The highest BCUT2D eigenvalue weighted by Gasteiger charge is 1.86. The van der Waals surface area contributed by atoms with Gasteiger partial charge in [0.2, 0.25) is 0 Å². The number of rotatable bonds is 0. The van der Waals surface area contributed by atoms with Crippen molar-refractivity contribution in [2.75, 3.05) is 0 Å². The molecule has 0 unspecified atom stereocenters. The molecule has 0 spiro atoms. The molecule has 1 aliphatic carbocycles. The van der Waals surface area contributed by atoms with Crippen LogP contribution < -0.4 is 0 Å². The SMILES string of the molecule is C1=CCCCCC/C=C\C1. The van der Waals surface area contributed by atoms with Gasteiger partial charge in [0.05, 0.1) is 0 Å². The molecule has 0 heterocycles. The van der Waals surface area contributed by atoms with Gasteiger partial charge in [0.15, 0.2) is 0 Å². The zero-order valence-corrected chi connectivity index (χ0v) is 6.55. The number of allylic oxidation sites excluding steroid dienone is 4. The van der Waals surface area contributed by atoms with E-state index in [1.54, 1.807) is 0 Å². The molecule has 0 aromatic heterocycles. The molecule has 10 heavy (non-hydrogen) atoms. The van der Waals surface area contributed by atoms with Crippen molar-refractivity contribution in [1.29, 1.82) is 0 Å². The Bertz CT molecular complexity index is 106. The summed E-state index contributed by atoms with van der Waals surface area (Å²) < 4.78 is 0. The van der Waals surface area contributed by atoms with Gasteiger partial charge in [0, 0.05) is 0 Å². The summed E-state index contributed by atoms with van der Waals surface area (Å²) in [6.07, 6.45) is 17.0. The van der Waals surface area contributed by atoms with E-state index in [9.17, 15) is 0 Å². The summed E-state index contributed by atoms with van der Waals surface area (Å²) in [6.45, 7) is 0. The minimum absolute atomic E-state index is 1.14. The molecule has 0 radical (unpaired) electrons. The van der Waals surface area contributed by atoms with E-state index in [1.807, 2.05) is 0 Å². The van der Waals surface area contributed by atoms with E-state index in [0.717, 1.165) is 6.42 Å². The molecule has 1 aliphatic rings. The first-order chi connectivity index (χ1) is 5.00. The molecule has 0 nitrogen and oxygen atoms in total. The van der Waals surface area contributed by atoms with E-state index in [4.69, 9.17) is 0 Å². The van der Waals surface area contributed by atoms with Crippen molar-refractivity contribution >= 4 is 0 Å². The standard InChI is InChI=1S/C10H16/c1-2-4-6-8-10-9-7-5-3-1/h1-2,5,7H,3-4,6,8-10H2/b2-1-,7-5?. The fourth-order valence-corrected chi connectivity index (χ4v) is 1.21. The van der Waals surface area contributed by atoms with Gasteiger partial charge < -0.3 is 0 Å². The monoisotopic (exact) mass is 136 g/mol. The Hall–Kier alpha value is -0.520. The minimum Gasteiger partial charge on any atom is -0.0882 e. The smallest absolute Gasteiger partial charge is 0.0169 e. The van der Waals surface area contributed by atoms with Crippen molar-refractivity contribution < 1.29 is 0 Å². The lowest BCUT2D eigenvalue weighted by molar-refractivity contribution is 0.693. The second-order valence-corrected chi connectivity index (χ2v) is 2.82. The second kappa shape index (κ2) is 5.28. The van der Waals surface area contributed by atoms with Crippen molar-refractivity contribution in [3.8, 4) is 0 Å². The Morgan fingerprint density at radius 3 is 1.80 bits per heavy atom. The molecule has 0 saturated carbocycles. The minimum atomic E-state index is 1.14. The molecule has 0 atom stereocenters. The van der Waals surface area contributed by atoms with Crippen LogP contribution in [0.1, 0.15) is 38.5 Å². The van der Waals surface area contributed by atoms with Crippen LogP contribution in [0.5, 0.6) is 0 Å². The highest BCUT2D eigenvalue weighted by atomic mass is 13.9. The molecule has 0 fully saturated rings. The van der Waals surface area contributed by atoms with Crippen LogP contribution in [0.15, 0.2) is 24.3 Å². The predicted octanol–water partition coefficient (Wildman–Crippen LogP) is 3.45. The van der Waals surface area contributed by atoms with Gasteiger partial charge in [-0.25, -0.2) is 0 Å². The van der Waals surface area contributed by atoms with Crippen LogP contribution in [-0.4, -0.2) is 0 Å². The second-order valence-electron chi connectivity index (χ2n) is 2.82. The predicted molar refractivity (Wildman–Crippen MR) is 46.0 cm³/mol. The van der Waals surface area contributed by atoms with Crippen LogP contribution in [0.25, 0.3) is 0 Å².